The number of aliphatic hydroxyl groups excluding tert-OH is 1. The van der Waals surface area contributed by atoms with Crippen molar-refractivity contribution in [2.24, 2.45) is 10.9 Å². The van der Waals surface area contributed by atoms with Crippen LogP contribution in [-0.2, 0) is 20.8 Å². The Balaban J connectivity index is 1.63. The summed E-state index contributed by atoms with van der Waals surface area (Å²) in [5.41, 5.74) is 1.11. The van der Waals surface area contributed by atoms with E-state index in [1.165, 1.54) is 0 Å². The van der Waals surface area contributed by atoms with Gasteiger partial charge in [0.2, 0.25) is 0 Å². The Morgan fingerprint density at radius 1 is 1.26 bits per heavy atom. The Morgan fingerprint density at radius 3 is 2.65 bits per heavy atom. The van der Waals surface area contributed by atoms with Crippen LogP contribution in [0, 0.1) is 5.92 Å². The van der Waals surface area contributed by atoms with E-state index in [0.29, 0.717) is 19.2 Å². The fourth-order valence-corrected chi connectivity index (χ4v) is 3.24. The molecule has 0 spiro atoms. The first-order valence-corrected chi connectivity index (χ1v) is 7.86. The number of hydrogen-bond acceptors (Lipinski definition) is 6. The molecule has 0 saturated heterocycles. The van der Waals surface area contributed by atoms with Crippen molar-refractivity contribution in [3.63, 3.8) is 0 Å². The first-order chi connectivity index (χ1) is 11.1. The molecule has 2 aliphatic rings. The van der Waals surface area contributed by atoms with Gasteiger partial charge < -0.3 is 24.2 Å². The third-order valence-electron chi connectivity index (χ3n) is 4.45. The van der Waals surface area contributed by atoms with E-state index in [4.69, 9.17) is 14.2 Å². The lowest BCUT2D eigenvalue weighted by molar-refractivity contribution is -0.0414. The second-order valence-electron chi connectivity index (χ2n) is 6.23. The highest BCUT2D eigenvalue weighted by atomic mass is 16.5. The molecule has 1 aliphatic heterocycles. The SMILES string of the molecule is COC1C2N=C(N(C)C)OC2C(COCc2ccccc2)[C@H]1O. The summed E-state index contributed by atoms with van der Waals surface area (Å²) in [6.07, 6.45) is -1.20. The summed E-state index contributed by atoms with van der Waals surface area (Å²) in [6.45, 7) is 0.924. The normalized spacial score (nSPS) is 32.3. The van der Waals surface area contributed by atoms with Gasteiger partial charge in [0.05, 0.1) is 25.2 Å². The maximum atomic E-state index is 10.5. The van der Waals surface area contributed by atoms with Crippen LogP contribution in [0.3, 0.4) is 0 Å². The van der Waals surface area contributed by atoms with Crippen molar-refractivity contribution in [3.05, 3.63) is 35.9 Å². The van der Waals surface area contributed by atoms with E-state index in [0.717, 1.165) is 5.56 Å². The first-order valence-electron chi connectivity index (χ1n) is 7.86. The largest absolute Gasteiger partial charge is 0.459 e. The lowest BCUT2D eigenvalue weighted by Gasteiger charge is -2.23. The summed E-state index contributed by atoms with van der Waals surface area (Å²) < 4.78 is 17.2. The number of aliphatic hydroxyl groups is 1. The molecule has 0 amide bonds. The van der Waals surface area contributed by atoms with E-state index in [2.05, 4.69) is 4.99 Å². The number of rotatable bonds is 5. The van der Waals surface area contributed by atoms with Gasteiger partial charge in [0.25, 0.3) is 6.02 Å². The number of aliphatic imine (C=N–C) groups is 1. The summed E-state index contributed by atoms with van der Waals surface area (Å²) >= 11 is 0. The van der Waals surface area contributed by atoms with Gasteiger partial charge >= 0.3 is 0 Å². The van der Waals surface area contributed by atoms with Gasteiger partial charge in [-0.15, -0.1) is 0 Å². The van der Waals surface area contributed by atoms with Gasteiger partial charge in [0.1, 0.15) is 18.2 Å². The van der Waals surface area contributed by atoms with Crippen molar-refractivity contribution in [1.29, 1.82) is 0 Å². The summed E-state index contributed by atoms with van der Waals surface area (Å²) in [5, 5.41) is 10.5. The Hall–Kier alpha value is -1.63. The molecule has 1 fully saturated rings. The Labute approximate surface area is 136 Å². The third-order valence-corrected chi connectivity index (χ3v) is 4.45. The molecule has 5 atom stereocenters. The summed E-state index contributed by atoms with van der Waals surface area (Å²) in [7, 11) is 5.37. The number of methoxy groups -OCH3 is 1. The molecule has 1 aliphatic carbocycles. The number of ether oxygens (including phenoxy) is 3. The van der Waals surface area contributed by atoms with Crippen LogP contribution in [0.25, 0.3) is 0 Å². The molecule has 6 heteroatoms. The van der Waals surface area contributed by atoms with Gasteiger partial charge in [-0.2, -0.15) is 0 Å². The van der Waals surface area contributed by atoms with Gasteiger partial charge in [0.15, 0.2) is 0 Å². The first kappa shape index (κ1) is 16.2. The van der Waals surface area contributed by atoms with Gasteiger partial charge in [-0.1, -0.05) is 30.3 Å². The molecule has 1 N–H and O–H groups in total. The zero-order valence-corrected chi connectivity index (χ0v) is 13.8. The van der Waals surface area contributed by atoms with Crippen LogP contribution in [0.15, 0.2) is 35.3 Å². The lowest BCUT2D eigenvalue weighted by Crippen LogP contribution is -2.35. The number of fused-ring (bicyclic) bond motifs is 1. The molecule has 0 radical (unpaired) electrons. The molecule has 1 heterocycles. The molecule has 0 aromatic heterocycles. The number of benzene rings is 1. The van der Waals surface area contributed by atoms with Crippen LogP contribution in [0.5, 0.6) is 0 Å². The molecule has 126 valence electrons. The van der Waals surface area contributed by atoms with Crippen LogP contribution in [-0.4, -0.2) is 68.2 Å². The van der Waals surface area contributed by atoms with Crippen LogP contribution < -0.4 is 0 Å². The fraction of sp³-hybridized carbons (Fsp3) is 0.588. The van der Waals surface area contributed by atoms with Gasteiger partial charge in [-0.3, -0.25) is 0 Å². The highest BCUT2D eigenvalue weighted by Crippen LogP contribution is 2.37. The topological polar surface area (TPSA) is 63.5 Å². The van der Waals surface area contributed by atoms with Gasteiger partial charge in [-0.05, 0) is 5.56 Å². The number of amidine groups is 1. The zero-order chi connectivity index (χ0) is 16.4. The van der Waals surface area contributed by atoms with Crippen molar-refractivity contribution in [1.82, 2.24) is 4.90 Å². The number of nitrogens with zero attached hydrogens (tertiary/aromatic N) is 2. The average molecular weight is 320 g/mol. The van der Waals surface area contributed by atoms with E-state index in [1.54, 1.807) is 7.11 Å². The fourth-order valence-electron chi connectivity index (χ4n) is 3.24. The van der Waals surface area contributed by atoms with Crippen molar-refractivity contribution < 1.29 is 19.3 Å². The minimum atomic E-state index is -0.641. The lowest BCUT2D eigenvalue weighted by atomic mass is 10.0. The second kappa shape index (κ2) is 6.86. The average Bonchev–Trinajstić information content (AvgIpc) is 3.07. The third kappa shape index (κ3) is 3.20. The maximum Gasteiger partial charge on any atom is 0.287 e. The molecule has 3 rings (SSSR count). The van der Waals surface area contributed by atoms with Gasteiger partial charge in [0, 0.05) is 21.2 Å². The monoisotopic (exact) mass is 320 g/mol. The van der Waals surface area contributed by atoms with Gasteiger partial charge in [-0.25, -0.2) is 4.99 Å². The number of hydrogen-bond donors (Lipinski definition) is 1. The van der Waals surface area contributed by atoms with Crippen molar-refractivity contribution in [2.75, 3.05) is 27.8 Å². The smallest absolute Gasteiger partial charge is 0.287 e. The predicted octanol–water partition coefficient (Wildman–Crippen LogP) is 0.894. The van der Waals surface area contributed by atoms with E-state index in [1.807, 2.05) is 49.3 Å². The molecule has 4 unspecified atom stereocenters. The van der Waals surface area contributed by atoms with E-state index in [9.17, 15) is 5.11 Å². The minimum absolute atomic E-state index is 0.158. The van der Waals surface area contributed by atoms with Crippen molar-refractivity contribution >= 4 is 6.02 Å². The molecular formula is C17H24N2O4. The summed E-state index contributed by atoms with van der Waals surface area (Å²) in [5.74, 6) is -0.158. The second-order valence-corrected chi connectivity index (χ2v) is 6.23. The minimum Gasteiger partial charge on any atom is -0.459 e. The van der Waals surface area contributed by atoms with Crippen LogP contribution >= 0.6 is 0 Å². The van der Waals surface area contributed by atoms with Crippen molar-refractivity contribution in [3.8, 4) is 0 Å². The predicted molar refractivity (Wildman–Crippen MR) is 86.2 cm³/mol. The molecule has 0 bridgehead atoms. The summed E-state index contributed by atoms with van der Waals surface area (Å²) in [4.78, 5) is 6.38. The van der Waals surface area contributed by atoms with E-state index in [-0.39, 0.29) is 24.2 Å². The molecule has 1 aromatic rings. The Morgan fingerprint density at radius 2 is 2.00 bits per heavy atom. The van der Waals surface area contributed by atoms with Crippen LogP contribution in [0.1, 0.15) is 5.56 Å². The highest BCUT2D eigenvalue weighted by Gasteiger charge is 2.55. The molecule has 1 saturated carbocycles. The van der Waals surface area contributed by atoms with Crippen molar-refractivity contribution in [2.45, 2.75) is 31.0 Å². The highest BCUT2D eigenvalue weighted by molar-refractivity contribution is 5.75. The molecule has 1 aromatic carbocycles. The quantitative estimate of drug-likeness (QED) is 0.873. The zero-order valence-electron chi connectivity index (χ0n) is 13.8. The van der Waals surface area contributed by atoms with Crippen LogP contribution in [0.2, 0.25) is 0 Å². The van der Waals surface area contributed by atoms with Crippen LogP contribution in [0.4, 0.5) is 0 Å². The van der Waals surface area contributed by atoms with E-state index < -0.39 is 6.10 Å². The summed E-state index contributed by atoms with van der Waals surface area (Å²) in [6, 6.07) is 10.4. The Bertz CT molecular complexity index is 549. The Kier molecular flexibility index (Phi) is 4.84. The molecule has 6 nitrogen and oxygen atoms in total. The van der Waals surface area contributed by atoms with E-state index >= 15 is 0 Å². The molecular weight excluding hydrogens is 296 g/mol. The maximum absolute atomic E-state index is 10.5. The molecule has 23 heavy (non-hydrogen) atoms. The standard InChI is InChI=1S/C17H24N2O4/c1-19(2)17-18-13-15(23-17)12(14(20)16(13)21-3)10-22-9-11-7-5-4-6-8-11/h4-8,12-16,20H,9-10H2,1-3H3/t12?,13?,14-,15?,16?/m1/s1.